The van der Waals surface area contributed by atoms with E-state index < -0.39 is 5.97 Å². The normalized spacial score (nSPS) is 12.4. The van der Waals surface area contributed by atoms with Crippen molar-refractivity contribution >= 4 is 5.97 Å². The number of nitrogens with one attached hydrogen (secondary N) is 2. The number of carbonyl (C=O) groups is 1. The van der Waals surface area contributed by atoms with E-state index in [4.69, 9.17) is 5.11 Å². The van der Waals surface area contributed by atoms with Crippen molar-refractivity contribution in [2.45, 2.75) is 19.4 Å². The van der Waals surface area contributed by atoms with Gasteiger partial charge in [-0.1, -0.05) is 0 Å². The minimum absolute atomic E-state index is 0.0206. The van der Waals surface area contributed by atoms with Gasteiger partial charge in [-0.25, -0.2) is 15.4 Å². The molecule has 0 amide bonds. The van der Waals surface area contributed by atoms with Crippen LogP contribution in [0.4, 0.5) is 0 Å². The summed E-state index contributed by atoms with van der Waals surface area (Å²) in [5.74, 6) is -0.208. The Bertz CT molecular complexity index is 325. The quantitative estimate of drug-likeness (QED) is 0.594. The van der Waals surface area contributed by atoms with Gasteiger partial charge in [0.15, 0.2) is 0 Å². The van der Waals surface area contributed by atoms with Crippen LogP contribution in [0.1, 0.15) is 23.9 Å². The summed E-state index contributed by atoms with van der Waals surface area (Å²) < 4.78 is 0. The Morgan fingerprint density at radius 2 is 2.13 bits per heavy atom. The second kappa shape index (κ2) is 5.38. The maximum absolute atomic E-state index is 10.6. The molecule has 0 unspecified atom stereocenters. The molecule has 82 valence electrons. The fourth-order valence-corrected chi connectivity index (χ4v) is 1.18. The van der Waals surface area contributed by atoms with Crippen molar-refractivity contribution in [1.29, 1.82) is 0 Å². The molecule has 1 rings (SSSR count). The van der Waals surface area contributed by atoms with E-state index in [1.165, 1.54) is 0 Å². The van der Waals surface area contributed by atoms with E-state index in [9.17, 15) is 4.79 Å². The molecule has 1 atom stereocenters. The van der Waals surface area contributed by atoms with Crippen LogP contribution >= 0.6 is 0 Å². The molecule has 0 aliphatic heterocycles. The van der Waals surface area contributed by atoms with Gasteiger partial charge in [0, 0.05) is 18.0 Å². The van der Waals surface area contributed by atoms with Crippen molar-refractivity contribution in [3.05, 3.63) is 23.8 Å². The van der Waals surface area contributed by atoms with Crippen LogP contribution < -0.4 is 10.9 Å². The fourth-order valence-electron chi connectivity index (χ4n) is 1.18. The molecule has 15 heavy (non-hydrogen) atoms. The highest BCUT2D eigenvalue weighted by atomic mass is 16.4. The molecule has 6 heteroatoms. The first-order valence-corrected chi connectivity index (χ1v) is 4.56. The number of aryl methyl sites for hydroxylation is 1. The summed E-state index contributed by atoms with van der Waals surface area (Å²) in [5, 5.41) is 8.72. The van der Waals surface area contributed by atoms with Gasteiger partial charge in [-0.05, 0) is 14.0 Å². The smallest absolute Gasteiger partial charge is 0.305 e. The van der Waals surface area contributed by atoms with E-state index in [1.807, 2.05) is 0 Å². The van der Waals surface area contributed by atoms with Crippen molar-refractivity contribution < 1.29 is 9.90 Å². The zero-order chi connectivity index (χ0) is 11.3. The number of nitrogens with zero attached hydrogens (tertiary/aromatic N) is 2. The summed E-state index contributed by atoms with van der Waals surface area (Å²) in [7, 11) is 1.68. The van der Waals surface area contributed by atoms with E-state index in [0.29, 0.717) is 5.82 Å². The fraction of sp³-hybridized carbons (Fsp3) is 0.444. The van der Waals surface area contributed by atoms with Gasteiger partial charge in [-0.3, -0.25) is 10.2 Å². The minimum atomic E-state index is -0.872. The first-order chi connectivity index (χ1) is 7.13. The first-order valence-electron chi connectivity index (χ1n) is 4.56. The monoisotopic (exact) mass is 210 g/mol. The van der Waals surface area contributed by atoms with Gasteiger partial charge in [0.25, 0.3) is 0 Å². The van der Waals surface area contributed by atoms with Gasteiger partial charge in [-0.2, -0.15) is 0 Å². The number of hydrogen-bond acceptors (Lipinski definition) is 5. The van der Waals surface area contributed by atoms with Crippen LogP contribution in [0.2, 0.25) is 0 Å². The van der Waals surface area contributed by atoms with Gasteiger partial charge in [0.05, 0.1) is 12.5 Å². The molecule has 0 aliphatic rings. The van der Waals surface area contributed by atoms with E-state index in [2.05, 4.69) is 20.8 Å². The lowest BCUT2D eigenvalue weighted by molar-refractivity contribution is -0.137. The maximum Gasteiger partial charge on any atom is 0.305 e. The van der Waals surface area contributed by atoms with E-state index in [-0.39, 0.29) is 12.5 Å². The standard InChI is InChI=1S/C9H14N4O2/c1-6-11-4-7(5-12-6)8(13-10-2)3-9(14)15/h4-5,8,10,13H,3H2,1-2H3,(H,14,15)/t8-/m1/s1. The summed E-state index contributed by atoms with van der Waals surface area (Å²) in [6, 6.07) is -0.326. The van der Waals surface area contributed by atoms with Gasteiger partial charge in [0.1, 0.15) is 5.82 Å². The van der Waals surface area contributed by atoms with Crippen molar-refractivity contribution in [2.24, 2.45) is 0 Å². The topological polar surface area (TPSA) is 87.1 Å². The molecule has 0 bridgehead atoms. The van der Waals surface area contributed by atoms with Gasteiger partial charge < -0.3 is 5.11 Å². The predicted molar refractivity (Wildman–Crippen MR) is 54.0 cm³/mol. The van der Waals surface area contributed by atoms with Crippen LogP contribution in [-0.4, -0.2) is 28.1 Å². The van der Waals surface area contributed by atoms with Crippen LogP contribution in [-0.2, 0) is 4.79 Å². The van der Waals surface area contributed by atoms with E-state index >= 15 is 0 Å². The lowest BCUT2D eigenvalue weighted by Gasteiger charge is -2.15. The summed E-state index contributed by atoms with van der Waals surface area (Å²) >= 11 is 0. The number of hydrogen-bond donors (Lipinski definition) is 3. The number of aliphatic carboxylic acids is 1. The molecule has 6 nitrogen and oxygen atoms in total. The molecule has 0 aliphatic carbocycles. The van der Waals surface area contributed by atoms with Crippen molar-refractivity contribution in [3.8, 4) is 0 Å². The highest BCUT2D eigenvalue weighted by Gasteiger charge is 2.14. The van der Waals surface area contributed by atoms with Crippen LogP contribution in [0.5, 0.6) is 0 Å². The van der Waals surface area contributed by atoms with Gasteiger partial charge in [-0.15, -0.1) is 0 Å². The number of rotatable bonds is 5. The third kappa shape index (κ3) is 3.61. The number of hydrazine groups is 1. The largest absolute Gasteiger partial charge is 0.481 e. The molecule has 3 N–H and O–H groups in total. The second-order valence-corrected chi connectivity index (χ2v) is 3.11. The molecule has 0 saturated heterocycles. The molecule has 0 fully saturated rings. The SMILES string of the molecule is CNN[C@H](CC(=O)O)c1cnc(C)nc1. The molecule has 0 radical (unpaired) electrons. The predicted octanol–water partition coefficient (Wildman–Crippen LogP) is 0.0248. The van der Waals surface area contributed by atoms with Crippen molar-refractivity contribution in [2.75, 3.05) is 7.05 Å². The molecular weight excluding hydrogens is 196 g/mol. The zero-order valence-electron chi connectivity index (χ0n) is 8.69. The van der Waals surface area contributed by atoms with Crippen LogP contribution in [0.25, 0.3) is 0 Å². The Hall–Kier alpha value is -1.53. The summed E-state index contributed by atoms with van der Waals surface area (Å²) in [6.07, 6.45) is 3.23. The Morgan fingerprint density at radius 3 is 2.60 bits per heavy atom. The van der Waals surface area contributed by atoms with Crippen LogP contribution in [0.3, 0.4) is 0 Å². The third-order valence-corrected chi connectivity index (χ3v) is 1.90. The van der Waals surface area contributed by atoms with Crippen LogP contribution in [0.15, 0.2) is 12.4 Å². The summed E-state index contributed by atoms with van der Waals surface area (Å²) in [6.45, 7) is 1.78. The average Bonchev–Trinajstić information content (AvgIpc) is 2.17. The molecule has 0 saturated carbocycles. The molecule has 0 aromatic carbocycles. The third-order valence-electron chi connectivity index (χ3n) is 1.90. The average molecular weight is 210 g/mol. The van der Waals surface area contributed by atoms with Gasteiger partial charge in [0.2, 0.25) is 0 Å². The van der Waals surface area contributed by atoms with Crippen molar-refractivity contribution in [3.63, 3.8) is 0 Å². The Labute approximate surface area is 87.7 Å². The second-order valence-electron chi connectivity index (χ2n) is 3.11. The Morgan fingerprint density at radius 1 is 1.53 bits per heavy atom. The first kappa shape index (κ1) is 11.5. The maximum atomic E-state index is 10.6. The lowest BCUT2D eigenvalue weighted by Crippen LogP contribution is -2.33. The lowest BCUT2D eigenvalue weighted by atomic mass is 10.1. The minimum Gasteiger partial charge on any atom is -0.481 e. The zero-order valence-corrected chi connectivity index (χ0v) is 8.69. The van der Waals surface area contributed by atoms with Crippen LogP contribution in [0, 0.1) is 6.92 Å². The van der Waals surface area contributed by atoms with Crippen molar-refractivity contribution in [1.82, 2.24) is 20.8 Å². The Balaban J connectivity index is 2.78. The number of carboxylic acid groups (broad SMARTS) is 1. The number of carboxylic acids is 1. The van der Waals surface area contributed by atoms with E-state index in [1.54, 1.807) is 26.4 Å². The summed E-state index contributed by atoms with van der Waals surface area (Å²) in [5.41, 5.74) is 6.30. The molecule has 1 heterocycles. The molecular formula is C9H14N4O2. The van der Waals surface area contributed by atoms with Gasteiger partial charge >= 0.3 is 5.97 Å². The number of aromatic nitrogens is 2. The molecule has 0 spiro atoms. The molecule has 1 aromatic rings. The highest BCUT2D eigenvalue weighted by Crippen LogP contribution is 2.13. The summed E-state index contributed by atoms with van der Waals surface area (Å²) in [4.78, 5) is 18.7. The Kier molecular flexibility index (Phi) is 4.14. The molecule has 1 aromatic heterocycles. The highest BCUT2D eigenvalue weighted by molar-refractivity contribution is 5.67. The van der Waals surface area contributed by atoms with E-state index in [0.717, 1.165) is 5.56 Å².